The van der Waals surface area contributed by atoms with E-state index in [-0.39, 0.29) is 22.9 Å². The van der Waals surface area contributed by atoms with E-state index in [1.807, 2.05) is 0 Å². The summed E-state index contributed by atoms with van der Waals surface area (Å²) in [6.07, 6.45) is 2.51. The van der Waals surface area contributed by atoms with E-state index in [0.29, 0.717) is 29.7 Å². The third-order valence-electron chi connectivity index (χ3n) is 4.14. The van der Waals surface area contributed by atoms with Crippen molar-refractivity contribution in [1.82, 2.24) is 15.3 Å². The molecule has 0 aliphatic carbocycles. The van der Waals surface area contributed by atoms with Gasteiger partial charge < -0.3 is 20.1 Å². The molecule has 3 N–H and O–H groups in total. The summed E-state index contributed by atoms with van der Waals surface area (Å²) < 4.78 is 4.87. The van der Waals surface area contributed by atoms with Crippen molar-refractivity contribution in [2.75, 3.05) is 20.3 Å². The molecule has 0 unspecified atom stereocenters. The van der Waals surface area contributed by atoms with Crippen LogP contribution in [0.2, 0.25) is 0 Å². The van der Waals surface area contributed by atoms with Crippen molar-refractivity contribution >= 4 is 28.7 Å². The summed E-state index contributed by atoms with van der Waals surface area (Å²) in [6, 6.07) is 11.4. The van der Waals surface area contributed by atoms with Crippen LogP contribution in [0.15, 0.2) is 53.3 Å². The summed E-state index contributed by atoms with van der Waals surface area (Å²) in [5.41, 5.74) is -0.0653. The molecule has 3 aromatic rings. The zero-order chi connectivity index (χ0) is 20.8. The third-order valence-corrected chi connectivity index (χ3v) is 4.14. The van der Waals surface area contributed by atoms with Gasteiger partial charge in [-0.3, -0.25) is 14.4 Å². The lowest BCUT2D eigenvalue weighted by Crippen LogP contribution is -2.27. The van der Waals surface area contributed by atoms with Gasteiger partial charge in [0.25, 0.3) is 11.5 Å². The average Bonchev–Trinajstić information content (AvgIpc) is 2.72. The van der Waals surface area contributed by atoms with Crippen LogP contribution in [0.4, 0.5) is 0 Å². The Morgan fingerprint density at radius 2 is 2.00 bits per heavy atom. The first-order valence-corrected chi connectivity index (χ1v) is 8.82. The van der Waals surface area contributed by atoms with E-state index >= 15 is 0 Å². The van der Waals surface area contributed by atoms with Gasteiger partial charge in [0.15, 0.2) is 5.78 Å². The number of hydrogen-bond donors (Lipinski definition) is 3. The van der Waals surface area contributed by atoms with Gasteiger partial charge in [-0.05, 0) is 36.4 Å². The lowest BCUT2D eigenvalue weighted by Gasteiger charge is -2.05. The Hall–Kier alpha value is -3.78. The van der Waals surface area contributed by atoms with Gasteiger partial charge in [0.2, 0.25) is 0 Å². The maximum Gasteiger partial charge on any atom is 0.269 e. The van der Waals surface area contributed by atoms with Crippen LogP contribution in [0, 0.1) is 0 Å². The number of methoxy groups -OCH3 is 1. The molecule has 0 fully saturated rings. The maximum atomic E-state index is 12.5. The minimum atomic E-state index is -0.685. The largest absolute Gasteiger partial charge is 0.506 e. The number of allylic oxidation sites excluding steroid dienone is 1. The average molecular weight is 393 g/mol. The Balaban J connectivity index is 1.83. The number of hydrogen-bond acceptors (Lipinski definition) is 6. The summed E-state index contributed by atoms with van der Waals surface area (Å²) in [4.78, 5) is 43.5. The fraction of sp³-hybridized carbons (Fsp3) is 0.143. The first kappa shape index (κ1) is 20.0. The minimum absolute atomic E-state index is 0.183. The van der Waals surface area contributed by atoms with Crippen molar-refractivity contribution < 1.29 is 19.4 Å². The fourth-order valence-corrected chi connectivity index (χ4v) is 2.73. The number of aromatic nitrogens is 2. The maximum absolute atomic E-state index is 12.5. The number of rotatable bonds is 7. The summed E-state index contributed by atoms with van der Waals surface area (Å²) in [6.45, 7) is 0.725. The summed E-state index contributed by atoms with van der Waals surface area (Å²) in [5.74, 6) is -1.42. The Morgan fingerprint density at radius 1 is 1.21 bits per heavy atom. The highest BCUT2D eigenvalue weighted by atomic mass is 16.5. The van der Waals surface area contributed by atoms with Crippen molar-refractivity contribution in [2.45, 2.75) is 0 Å². The topological polar surface area (TPSA) is 121 Å². The van der Waals surface area contributed by atoms with Crippen LogP contribution in [0.3, 0.4) is 0 Å². The molecule has 2 heterocycles. The molecule has 3 rings (SSSR count). The van der Waals surface area contributed by atoms with Crippen molar-refractivity contribution in [3.8, 4) is 5.75 Å². The SMILES string of the molecule is COCCNC(=O)c1cccc(/C=C/C(=O)c2c(O)c3ccccc3[nH]c2=O)n1. The Morgan fingerprint density at radius 3 is 2.79 bits per heavy atom. The second-order valence-electron chi connectivity index (χ2n) is 6.12. The van der Waals surface area contributed by atoms with Crippen LogP contribution in [-0.2, 0) is 4.74 Å². The molecule has 29 heavy (non-hydrogen) atoms. The monoisotopic (exact) mass is 393 g/mol. The number of aromatic amines is 1. The van der Waals surface area contributed by atoms with Crippen LogP contribution in [0.1, 0.15) is 26.5 Å². The molecule has 8 heteroatoms. The number of nitrogens with zero attached hydrogens (tertiary/aromatic N) is 1. The standard InChI is InChI=1S/C21H19N3O5/c1-29-12-11-22-20(27)16-8-4-5-13(23-16)9-10-17(25)18-19(26)14-6-2-3-7-15(14)24-21(18)28/h2-10H,11-12H2,1H3,(H,22,27)(H2,24,26,28)/b10-9+. The van der Waals surface area contributed by atoms with Gasteiger partial charge >= 0.3 is 0 Å². The normalized spacial score (nSPS) is 11.1. The van der Waals surface area contributed by atoms with E-state index in [9.17, 15) is 19.5 Å². The van der Waals surface area contributed by atoms with Crippen LogP contribution in [-0.4, -0.2) is 47.0 Å². The fourth-order valence-electron chi connectivity index (χ4n) is 2.73. The molecule has 1 aromatic carbocycles. The molecular weight excluding hydrogens is 374 g/mol. The lowest BCUT2D eigenvalue weighted by atomic mass is 10.1. The second kappa shape index (κ2) is 8.94. The number of amides is 1. The Labute approximate surface area is 165 Å². The molecular formula is C21H19N3O5. The first-order chi connectivity index (χ1) is 14.0. The van der Waals surface area contributed by atoms with Gasteiger partial charge in [0.1, 0.15) is 17.0 Å². The highest BCUT2D eigenvalue weighted by Crippen LogP contribution is 2.24. The molecule has 0 spiro atoms. The Bertz CT molecular complexity index is 1150. The Kier molecular flexibility index (Phi) is 6.16. The van der Waals surface area contributed by atoms with Crippen molar-refractivity contribution in [3.05, 3.63) is 75.8 Å². The molecule has 0 saturated carbocycles. The van der Waals surface area contributed by atoms with Crippen molar-refractivity contribution in [3.63, 3.8) is 0 Å². The van der Waals surface area contributed by atoms with E-state index in [0.717, 1.165) is 6.08 Å². The number of para-hydroxylation sites is 1. The smallest absolute Gasteiger partial charge is 0.269 e. The molecule has 0 aliphatic heterocycles. The molecule has 1 amide bonds. The number of H-pyrrole nitrogens is 1. The third kappa shape index (κ3) is 4.56. The summed E-state index contributed by atoms with van der Waals surface area (Å²) in [5, 5.41) is 13.4. The number of nitrogens with one attached hydrogen (secondary N) is 2. The van der Waals surface area contributed by atoms with E-state index in [1.165, 1.54) is 13.2 Å². The molecule has 8 nitrogen and oxygen atoms in total. The second-order valence-corrected chi connectivity index (χ2v) is 6.12. The van der Waals surface area contributed by atoms with Gasteiger partial charge in [-0.15, -0.1) is 0 Å². The number of benzene rings is 1. The van der Waals surface area contributed by atoms with Gasteiger partial charge in [-0.1, -0.05) is 18.2 Å². The van der Waals surface area contributed by atoms with Crippen LogP contribution in [0.5, 0.6) is 5.75 Å². The summed E-state index contributed by atoms with van der Waals surface area (Å²) >= 11 is 0. The molecule has 0 radical (unpaired) electrons. The van der Waals surface area contributed by atoms with Crippen molar-refractivity contribution in [2.24, 2.45) is 0 Å². The van der Waals surface area contributed by atoms with E-state index in [1.54, 1.807) is 42.5 Å². The van der Waals surface area contributed by atoms with E-state index < -0.39 is 11.3 Å². The molecule has 148 valence electrons. The molecule has 0 bridgehead atoms. The first-order valence-electron chi connectivity index (χ1n) is 8.82. The zero-order valence-corrected chi connectivity index (χ0v) is 15.6. The van der Waals surface area contributed by atoms with Gasteiger partial charge in [-0.2, -0.15) is 0 Å². The number of aromatic hydroxyl groups is 1. The summed E-state index contributed by atoms with van der Waals surface area (Å²) in [7, 11) is 1.53. The molecule has 0 aliphatic rings. The molecule has 0 atom stereocenters. The lowest BCUT2D eigenvalue weighted by molar-refractivity contribution is 0.0931. The highest BCUT2D eigenvalue weighted by Gasteiger charge is 2.17. The minimum Gasteiger partial charge on any atom is -0.506 e. The number of fused-ring (bicyclic) bond motifs is 1. The molecule has 2 aromatic heterocycles. The van der Waals surface area contributed by atoms with Gasteiger partial charge in [-0.25, -0.2) is 4.98 Å². The van der Waals surface area contributed by atoms with Crippen LogP contribution >= 0.6 is 0 Å². The number of pyridine rings is 2. The van der Waals surface area contributed by atoms with E-state index in [2.05, 4.69) is 15.3 Å². The number of ketones is 1. The molecule has 0 saturated heterocycles. The zero-order valence-electron chi connectivity index (χ0n) is 15.6. The predicted molar refractivity (Wildman–Crippen MR) is 108 cm³/mol. The van der Waals surface area contributed by atoms with Crippen LogP contribution < -0.4 is 10.9 Å². The number of ether oxygens (including phenoxy) is 1. The van der Waals surface area contributed by atoms with Gasteiger partial charge in [0, 0.05) is 19.0 Å². The predicted octanol–water partition coefficient (Wildman–Crippen LogP) is 1.90. The van der Waals surface area contributed by atoms with E-state index in [4.69, 9.17) is 4.74 Å². The van der Waals surface area contributed by atoms with Crippen LogP contribution in [0.25, 0.3) is 17.0 Å². The quantitative estimate of drug-likeness (QED) is 0.320. The highest BCUT2D eigenvalue weighted by molar-refractivity contribution is 6.11. The van der Waals surface area contributed by atoms with Gasteiger partial charge in [0.05, 0.1) is 17.8 Å². The number of carbonyl (C=O) groups is 2. The number of carbonyl (C=O) groups excluding carboxylic acids is 2. The van der Waals surface area contributed by atoms with Crippen molar-refractivity contribution in [1.29, 1.82) is 0 Å².